The van der Waals surface area contributed by atoms with Gasteiger partial charge in [0.2, 0.25) is 6.41 Å². The highest BCUT2D eigenvalue weighted by atomic mass is 16.5. The fourth-order valence-electron chi connectivity index (χ4n) is 4.26. The number of anilines is 1. The number of nitrogens with zero attached hydrogens (tertiary/aromatic N) is 3. The predicted molar refractivity (Wildman–Crippen MR) is 132 cm³/mol. The van der Waals surface area contributed by atoms with Crippen LogP contribution in [0.4, 0.5) is 5.69 Å². The van der Waals surface area contributed by atoms with Crippen molar-refractivity contribution in [3.05, 3.63) is 78.1 Å². The van der Waals surface area contributed by atoms with Gasteiger partial charge in [-0.2, -0.15) is 0 Å². The molecular weight excluding hydrogens is 444 g/mol. The molecule has 3 heterocycles. The summed E-state index contributed by atoms with van der Waals surface area (Å²) in [4.78, 5) is 42.0. The third-order valence-electron chi connectivity index (χ3n) is 6.17. The normalized spacial score (nSPS) is 13.6. The lowest BCUT2D eigenvalue weighted by molar-refractivity contribution is -0.105. The molecule has 0 bridgehead atoms. The van der Waals surface area contributed by atoms with Crippen molar-refractivity contribution in [3.63, 3.8) is 0 Å². The van der Waals surface area contributed by atoms with E-state index < -0.39 is 0 Å². The summed E-state index contributed by atoms with van der Waals surface area (Å²) in [6.45, 7) is 3.83. The first-order chi connectivity index (χ1) is 17.0. The Hall–Kier alpha value is -4.30. The highest BCUT2D eigenvalue weighted by Gasteiger charge is 2.19. The highest BCUT2D eigenvalue weighted by molar-refractivity contribution is 5.95. The Morgan fingerprint density at radius 2 is 1.60 bits per heavy atom. The second kappa shape index (κ2) is 9.52. The first-order valence-corrected chi connectivity index (χ1v) is 11.4. The Bertz CT molecular complexity index is 1400. The van der Waals surface area contributed by atoms with Crippen molar-refractivity contribution in [2.75, 3.05) is 31.6 Å². The van der Waals surface area contributed by atoms with Crippen LogP contribution in [0.5, 0.6) is 0 Å². The van der Waals surface area contributed by atoms with Gasteiger partial charge in [0, 0.05) is 41.5 Å². The maximum atomic E-state index is 12.8. The second-order valence-electron chi connectivity index (χ2n) is 8.36. The Balaban J connectivity index is 1.52. The molecule has 1 saturated heterocycles. The van der Waals surface area contributed by atoms with Crippen LogP contribution in [-0.2, 0) is 9.53 Å². The summed E-state index contributed by atoms with van der Waals surface area (Å²) in [5.74, 6) is -0.00508. The van der Waals surface area contributed by atoms with Crippen molar-refractivity contribution in [1.29, 1.82) is 0 Å². The number of pyridine rings is 1. The lowest BCUT2D eigenvalue weighted by Crippen LogP contribution is -2.40. The van der Waals surface area contributed by atoms with Crippen molar-refractivity contribution < 1.29 is 19.1 Å². The van der Waals surface area contributed by atoms with Crippen molar-refractivity contribution in [3.8, 4) is 22.4 Å². The van der Waals surface area contributed by atoms with E-state index in [9.17, 15) is 14.4 Å². The molecule has 8 nitrogen and oxygen atoms in total. The van der Waals surface area contributed by atoms with Gasteiger partial charge >= 0.3 is 0 Å². The molecule has 35 heavy (non-hydrogen) atoms. The number of Topliss-reactive ketones (excluding diaryl/α,β-unsaturated/α-hetero) is 1. The Labute approximate surface area is 202 Å². The number of ether oxygens (including phenoxy) is 1. The maximum Gasteiger partial charge on any atom is 0.254 e. The molecule has 176 valence electrons. The zero-order chi connectivity index (χ0) is 24.4. The SMILES string of the molecule is CC(=O)c1ccc(-c2cnc3c(NC=O)cc(-c4ccc(C(=O)N5CCOCC5)cc4)cn23)cc1. The third kappa shape index (κ3) is 4.43. The summed E-state index contributed by atoms with van der Waals surface area (Å²) in [7, 11) is 0. The van der Waals surface area contributed by atoms with Gasteiger partial charge < -0.3 is 15.0 Å². The number of carbonyl (C=O) groups is 3. The van der Waals surface area contributed by atoms with Crippen molar-refractivity contribution in [1.82, 2.24) is 14.3 Å². The minimum absolute atomic E-state index is 0.00463. The van der Waals surface area contributed by atoms with Crippen molar-refractivity contribution in [2.24, 2.45) is 0 Å². The Kier molecular flexibility index (Phi) is 6.12. The van der Waals surface area contributed by atoms with Gasteiger partial charge in [0.05, 0.1) is 30.8 Å². The van der Waals surface area contributed by atoms with E-state index in [2.05, 4.69) is 10.3 Å². The van der Waals surface area contributed by atoms with E-state index in [1.54, 1.807) is 23.2 Å². The first kappa shape index (κ1) is 22.5. The van der Waals surface area contributed by atoms with Crippen LogP contribution >= 0.6 is 0 Å². The van der Waals surface area contributed by atoms with Gasteiger partial charge in [0.1, 0.15) is 0 Å². The van der Waals surface area contributed by atoms with Gasteiger partial charge in [0.25, 0.3) is 5.91 Å². The van der Waals surface area contributed by atoms with Gasteiger partial charge in [-0.25, -0.2) is 4.98 Å². The van der Waals surface area contributed by atoms with E-state index in [1.165, 1.54) is 6.92 Å². The average molecular weight is 469 g/mol. The molecule has 1 aliphatic rings. The number of hydrogen-bond acceptors (Lipinski definition) is 5. The Morgan fingerprint density at radius 1 is 0.943 bits per heavy atom. The Morgan fingerprint density at radius 3 is 2.26 bits per heavy atom. The molecule has 0 radical (unpaired) electrons. The summed E-state index contributed by atoms with van der Waals surface area (Å²) in [5, 5.41) is 2.74. The van der Waals surface area contributed by atoms with E-state index >= 15 is 0 Å². The number of imidazole rings is 1. The smallest absolute Gasteiger partial charge is 0.254 e. The van der Waals surface area contributed by atoms with Gasteiger partial charge in [0.15, 0.2) is 11.4 Å². The minimum Gasteiger partial charge on any atom is -0.378 e. The molecule has 5 rings (SSSR count). The lowest BCUT2D eigenvalue weighted by atomic mass is 10.0. The number of ketones is 1. The maximum absolute atomic E-state index is 12.8. The molecule has 1 fully saturated rings. The minimum atomic E-state index is -0.00971. The summed E-state index contributed by atoms with van der Waals surface area (Å²) >= 11 is 0. The number of aromatic nitrogens is 2. The number of amides is 2. The fourth-order valence-corrected chi connectivity index (χ4v) is 4.26. The topological polar surface area (TPSA) is 93.0 Å². The molecular formula is C27H24N4O4. The molecule has 0 atom stereocenters. The highest BCUT2D eigenvalue weighted by Crippen LogP contribution is 2.30. The van der Waals surface area contributed by atoms with Crippen molar-refractivity contribution >= 4 is 29.4 Å². The number of morpholine rings is 1. The van der Waals surface area contributed by atoms with Crippen LogP contribution in [-0.4, -0.2) is 58.7 Å². The van der Waals surface area contributed by atoms with Crippen LogP contribution < -0.4 is 5.32 Å². The molecule has 2 aromatic heterocycles. The van der Waals surface area contributed by atoms with Gasteiger partial charge in [-0.05, 0) is 30.7 Å². The summed E-state index contributed by atoms with van der Waals surface area (Å²) in [6, 6.07) is 16.6. The molecule has 0 spiro atoms. The summed E-state index contributed by atoms with van der Waals surface area (Å²) < 4.78 is 7.25. The predicted octanol–water partition coefficient (Wildman–Crippen LogP) is 3.91. The molecule has 0 unspecified atom stereocenters. The monoisotopic (exact) mass is 468 g/mol. The van der Waals surface area contributed by atoms with Crippen LogP contribution in [0, 0.1) is 0 Å². The second-order valence-corrected chi connectivity index (χ2v) is 8.36. The number of nitrogens with one attached hydrogen (secondary N) is 1. The van der Waals surface area contributed by atoms with Gasteiger partial charge in [-0.3, -0.25) is 18.8 Å². The number of hydrogen-bond donors (Lipinski definition) is 1. The molecule has 0 aliphatic carbocycles. The van der Waals surface area contributed by atoms with E-state index in [1.807, 2.05) is 53.1 Å². The zero-order valence-electron chi connectivity index (χ0n) is 19.2. The number of carbonyl (C=O) groups excluding carboxylic acids is 3. The quantitative estimate of drug-likeness (QED) is 0.342. The van der Waals surface area contributed by atoms with E-state index in [4.69, 9.17) is 4.74 Å². The standard InChI is InChI=1S/C27H24N4O4/c1-18(33)19-2-6-21(7-3-19)25-15-28-26-24(29-17-32)14-23(16-31(25)26)20-4-8-22(9-5-20)27(34)30-10-12-35-13-11-30/h2-9,14-17H,10-13H2,1H3,(H,29,32). The van der Waals surface area contributed by atoms with Crippen molar-refractivity contribution in [2.45, 2.75) is 6.92 Å². The zero-order valence-corrected chi connectivity index (χ0v) is 19.2. The van der Waals surface area contributed by atoms with Crippen LogP contribution in [0.1, 0.15) is 27.6 Å². The fraction of sp³-hybridized carbons (Fsp3) is 0.185. The third-order valence-corrected chi connectivity index (χ3v) is 6.17. The van der Waals surface area contributed by atoms with Gasteiger partial charge in [-0.1, -0.05) is 36.4 Å². The van der Waals surface area contributed by atoms with Gasteiger partial charge in [-0.15, -0.1) is 0 Å². The van der Waals surface area contributed by atoms with Crippen LogP contribution in [0.2, 0.25) is 0 Å². The molecule has 1 N–H and O–H groups in total. The van der Waals surface area contributed by atoms with Crippen LogP contribution in [0.3, 0.4) is 0 Å². The molecule has 2 aromatic carbocycles. The molecule has 8 heteroatoms. The number of fused-ring (bicyclic) bond motifs is 1. The van der Waals surface area contributed by atoms with Crippen LogP contribution in [0.25, 0.3) is 28.0 Å². The van der Waals surface area contributed by atoms with Crippen LogP contribution in [0.15, 0.2) is 67.0 Å². The molecule has 0 saturated carbocycles. The van der Waals surface area contributed by atoms with E-state index in [0.29, 0.717) is 55.2 Å². The number of rotatable bonds is 6. The van der Waals surface area contributed by atoms with E-state index in [-0.39, 0.29) is 11.7 Å². The summed E-state index contributed by atoms with van der Waals surface area (Å²) in [6.07, 6.45) is 4.31. The number of benzene rings is 2. The lowest BCUT2D eigenvalue weighted by Gasteiger charge is -2.26. The average Bonchev–Trinajstić information content (AvgIpc) is 3.33. The first-order valence-electron chi connectivity index (χ1n) is 11.4. The summed E-state index contributed by atoms with van der Waals surface area (Å²) in [5.41, 5.74) is 5.89. The van der Waals surface area contributed by atoms with E-state index in [0.717, 1.165) is 22.4 Å². The largest absolute Gasteiger partial charge is 0.378 e. The molecule has 1 aliphatic heterocycles. The molecule has 2 amide bonds. The molecule has 4 aromatic rings.